The van der Waals surface area contributed by atoms with Crippen molar-refractivity contribution in [2.24, 2.45) is 0 Å². The van der Waals surface area contributed by atoms with Crippen molar-refractivity contribution < 1.29 is 14.0 Å². The van der Waals surface area contributed by atoms with Gasteiger partial charge >= 0.3 is 11.8 Å². The van der Waals surface area contributed by atoms with Gasteiger partial charge in [0.15, 0.2) is 0 Å². The molecule has 0 fully saturated rings. The molecule has 0 bridgehead atoms. The minimum absolute atomic E-state index is 0.00106. The quantitative estimate of drug-likeness (QED) is 0.684. The maximum atomic E-state index is 13.1. The highest BCUT2D eigenvalue weighted by molar-refractivity contribution is 6.34. The zero-order valence-electron chi connectivity index (χ0n) is 8.21. The third kappa shape index (κ3) is 3.05. The Labute approximate surface area is 86.5 Å². The van der Waals surface area contributed by atoms with E-state index in [1.807, 2.05) is 0 Å². The molecule has 1 rings (SSSR count). The number of carbonyl (C=O) groups excluding carboxylic acids is 2. The first-order chi connectivity index (χ1) is 7.15. The number of nitrogens with one attached hydrogen (secondary N) is 2. The van der Waals surface area contributed by atoms with E-state index in [0.29, 0.717) is 5.56 Å². The molecule has 0 saturated carbocycles. The van der Waals surface area contributed by atoms with Gasteiger partial charge in [-0.15, -0.1) is 0 Å². The van der Waals surface area contributed by atoms with Crippen LogP contribution >= 0.6 is 0 Å². The number of benzene rings is 1. The molecule has 0 aliphatic rings. The molecule has 0 aromatic heterocycles. The monoisotopic (exact) mass is 210 g/mol. The fourth-order valence-electron chi connectivity index (χ4n) is 1.01. The third-order valence-electron chi connectivity index (χ3n) is 1.83. The van der Waals surface area contributed by atoms with Crippen molar-refractivity contribution in [2.75, 3.05) is 7.05 Å². The number of rotatable bonds is 2. The zero-order valence-corrected chi connectivity index (χ0v) is 8.21. The molecule has 80 valence electrons. The molecule has 0 aliphatic heterocycles. The van der Waals surface area contributed by atoms with E-state index in [1.54, 1.807) is 18.2 Å². The Kier molecular flexibility index (Phi) is 3.79. The lowest BCUT2D eigenvalue weighted by Crippen LogP contribution is -2.37. The molecule has 0 unspecified atom stereocenters. The average molecular weight is 210 g/mol. The van der Waals surface area contributed by atoms with Gasteiger partial charge in [-0.1, -0.05) is 18.2 Å². The SMILES string of the molecule is CNC(=O)C(=O)NCc1ccccc1F. The molecule has 2 N–H and O–H groups in total. The molecular formula is C10H11FN2O2. The van der Waals surface area contributed by atoms with Crippen LogP contribution in [0.2, 0.25) is 0 Å². The van der Waals surface area contributed by atoms with Gasteiger partial charge in [-0.05, 0) is 6.07 Å². The van der Waals surface area contributed by atoms with Gasteiger partial charge in [0.2, 0.25) is 0 Å². The van der Waals surface area contributed by atoms with Crippen molar-refractivity contribution in [2.45, 2.75) is 6.54 Å². The lowest BCUT2D eigenvalue weighted by atomic mass is 10.2. The van der Waals surface area contributed by atoms with Crippen molar-refractivity contribution in [1.82, 2.24) is 10.6 Å². The van der Waals surface area contributed by atoms with Gasteiger partial charge in [0.05, 0.1) is 0 Å². The molecule has 0 aliphatic carbocycles. The lowest BCUT2D eigenvalue weighted by Gasteiger charge is -2.04. The minimum Gasteiger partial charge on any atom is -0.351 e. The van der Waals surface area contributed by atoms with Crippen molar-refractivity contribution in [1.29, 1.82) is 0 Å². The standard InChI is InChI=1S/C10H11FN2O2/c1-12-9(14)10(15)13-6-7-4-2-3-5-8(7)11/h2-5H,6H2,1H3,(H,12,14)(H,13,15). The Morgan fingerprint density at radius 2 is 1.93 bits per heavy atom. The van der Waals surface area contributed by atoms with Gasteiger partial charge in [0.25, 0.3) is 0 Å². The largest absolute Gasteiger partial charge is 0.351 e. The predicted octanol–water partition coefficient (Wildman–Crippen LogP) is 0.188. The van der Waals surface area contributed by atoms with Gasteiger partial charge in [0.1, 0.15) is 5.82 Å². The van der Waals surface area contributed by atoms with E-state index in [0.717, 1.165) is 0 Å². The maximum absolute atomic E-state index is 13.1. The van der Waals surface area contributed by atoms with Crippen molar-refractivity contribution in [3.8, 4) is 0 Å². The minimum atomic E-state index is -0.777. The van der Waals surface area contributed by atoms with Crippen LogP contribution in [0, 0.1) is 5.82 Å². The van der Waals surface area contributed by atoms with Crippen LogP contribution in [-0.2, 0) is 16.1 Å². The molecular weight excluding hydrogens is 199 g/mol. The van der Waals surface area contributed by atoms with E-state index in [1.165, 1.54) is 13.1 Å². The summed E-state index contributed by atoms with van der Waals surface area (Å²) in [4.78, 5) is 21.8. The molecule has 0 spiro atoms. The molecule has 0 heterocycles. The molecule has 1 aromatic carbocycles. The summed E-state index contributed by atoms with van der Waals surface area (Å²) in [6.45, 7) is -0.00106. The van der Waals surface area contributed by atoms with Gasteiger partial charge in [-0.2, -0.15) is 0 Å². The summed E-state index contributed by atoms with van der Waals surface area (Å²) in [5, 5.41) is 4.47. The molecule has 4 nitrogen and oxygen atoms in total. The summed E-state index contributed by atoms with van der Waals surface area (Å²) in [6, 6.07) is 6.05. The van der Waals surface area contributed by atoms with Crippen molar-refractivity contribution in [3.05, 3.63) is 35.6 Å². The fraction of sp³-hybridized carbons (Fsp3) is 0.200. The maximum Gasteiger partial charge on any atom is 0.309 e. The van der Waals surface area contributed by atoms with E-state index in [4.69, 9.17) is 0 Å². The first-order valence-corrected chi connectivity index (χ1v) is 4.38. The Balaban J connectivity index is 2.54. The normalized spacial score (nSPS) is 9.47. The van der Waals surface area contributed by atoms with Crippen LogP contribution in [0.3, 0.4) is 0 Å². The van der Waals surface area contributed by atoms with E-state index in [9.17, 15) is 14.0 Å². The van der Waals surface area contributed by atoms with Crippen LogP contribution in [0.5, 0.6) is 0 Å². The Bertz CT molecular complexity index is 379. The van der Waals surface area contributed by atoms with Gasteiger partial charge in [0, 0.05) is 19.2 Å². The predicted molar refractivity (Wildman–Crippen MR) is 52.3 cm³/mol. The summed E-state index contributed by atoms with van der Waals surface area (Å²) < 4.78 is 13.1. The van der Waals surface area contributed by atoms with Gasteiger partial charge < -0.3 is 10.6 Å². The highest BCUT2D eigenvalue weighted by atomic mass is 19.1. The highest BCUT2D eigenvalue weighted by Gasteiger charge is 2.10. The second kappa shape index (κ2) is 5.09. The van der Waals surface area contributed by atoms with Crippen molar-refractivity contribution >= 4 is 11.8 Å². The van der Waals surface area contributed by atoms with Crippen molar-refractivity contribution in [3.63, 3.8) is 0 Å². The first-order valence-electron chi connectivity index (χ1n) is 4.38. The van der Waals surface area contributed by atoms with E-state index >= 15 is 0 Å². The smallest absolute Gasteiger partial charge is 0.309 e. The van der Waals surface area contributed by atoms with Crippen LogP contribution in [0.4, 0.5) is 4.39 Å². The molecule has 0 radical (unpaired) electrons. The summed E-state index contributed by atoms with van der Waals surface area (Å²) >= 11 is 0. The summed E-state index contributed by atoms with van der Waals surface area (Å²) in [7, 11) is 1.35. The Hall–Kier alpha value is -1.91. The Morgan fingerprint density at radius 3 is 2.53 bits per heavy atom. The third-order valence-corrected chi connectivity index (χ3v) is 1.83. The first kappa shape index (κ1) is 11.2. The molecule has 1 aromatic rings. The molecule has 5 heteroatoms. The highest BCUT2D eigenvalue weighted by Crippen LogP contribution is 2.05. The number of hydrogen-bond acceptors (Lipinski definition) is 2. The second-order valence-corrected chi connectivity index (χ2v) is 2.85. The number of hydrogen-bond donors (Lipinski definition) is 2. The lowest BCUT2D eigenvalue weighted by molar-refractivity contribution is -0.139. The number of carbonyl (C=O) groups is 2. The molecule has 2 amide bonds. The van der Waals surface area contributed by atoms with Gasteiger partial charge in [-0.3, -0.25) is 9.59 Å². The van der Waals surface area contributed by atoms with Crippen LogP contribution in [0.25, 0.3) is 0 Å². The fourth-order valence-corrected chi connectivity index (χ4v) is 1.01. The molecule has 0 atom stereocenters. The molecule has 15 heavy (non-hydrogen) atoms. The average Bonchev–Trinajstić information content (AvgIpc) is 2.26. The van der Waals surface area contributed by atoms with Gasteiger partial charge in [-0.25, -0.2) is 4.39 Å². The van der Waals surface area contributed by atoms with Crippen LogP contribution in [-0.4, -0.2) is 18.9 Å². The number of halogens is 1. The second-order valence-electron chi connectivity index (χ2n) is 2.85. The number of likely N-dealkylation sites (N-methyl/N-ethyl adjacent to an activating group) is 1. The van der Waals surface area contributed by atoms with E-state index in [-0.39, 0.29) is 6.54 Å². The summed E-state index contributed by atoms with van der Waals surface area (Å²) in [5.41, 5.74) is 0.342. The molecule has 0 saturated heterocycles. The van der Waals surface area contributed by atoms with E-state index < -0.39 is 17.6 Å². The Morgan fingerprint density at radius 1 is 1.27 bits per heavy atom. The zero-order chi connectivity index (χ0) is 11.3. The topological polar surface area (TPSA) is 58.2 Å². The van der Waals surface area contributed by atoms with E-state index in [2.05, 4.69) is 10.6 Å². The number of amides is 2. The summed E-state index contributed by atoms with van der Waals surface area (Å²) in [6.07, 6.45) is 0. The van der Waals surface area contributed by atoms with Crippen LogP contribution < -0.4 is 10.6 Å². The van der Waals surface area contributed by atoms with Crippen LogP contribution in [0.15, 0.2) is 24.3 Å². The summed E-state index contributed by atoms with van der Waals surface area (Å²) in [5.74, 6) is -1.93. The van der Waals surface area contributed by atoms with Crippen LogP contribution in [0.1, 0.15) is 5.56 Å².